The fourth-order valence-electron chi connectivity index (χ4n) is 3.51. The van der Waals surface area contributed by atoms with Gasteiger partial charge in [-0.1, -0.05) is 60.1 Å². The van der Waals surface area contributed by atoms with Gasteiger partial charge in [-0.25, -0.2) is 0 Å². The van der Waals surface area contributed by atoms with E-state index in [4.69, 9.17) is 16.3 Å². The van der Waals surface area contributed by atoms with E-state index >= 15 is 0 Å². The summed E-state index contributed by atoms with van der Waals surface area (Å²) in [5.74, 6) is -1.53. The third kappa shape index (κ3) is 3.62. The number of ketones is 2. The van der Waals surface area contributed by atoms with Crippen LogP contribution in [0.4, 0.5) is 0 Å². The summed E-state index contributed by atoms with van der Waals surface area (Å²) < 4.78 is 5.17. The molecule has 7 heteroatoms. The van der Waals surface area contributed by atoms with E-state index in [1.54, 1.807) is 50.2 Å². The smallest absolute Gasteiger partial charge is 0.249 e. The molecular weight excluding hydrogens is 384 g/mol. The molecule has 0 aromatic heterocycles. The predicted molar refractivity (Wildman–Crippen MR) is 102 cm³/mol. The van der Waals surface area contributed by atoms with Gasteiger partial charge in [0.2, 0.25) is 5.25 Å². The molecule has 28 heavy (non-hydrogen) atoms. The van der Waals surface area contributed by atoms with Crippen molar-refractivity contribution >= 4 is 23.2 Å². The van der Waals surface area contributed by atoms with Crippen molar-refractivity contribution in [2.45, 2.75) is 43.3 Å². The Hall–Kier alpha value is -2.09. The summed E-state index contributed by atoms with van der Waals surface area (Å²) in [5, 5.41) is 29.5. The topological polar surface area (TPSA) is 104 Å². The van der Waals surface area contributed by atoms with Gasteiger partial charge in [0.05, 0.1) is 6.42 Å². The molecule has 1 saturated heterocycles. The second kappa shape index (κ2) is 7.39. The van der Waals surface area contributed by atoms with Crippen LogP contribution in [0.25, 0.3) is 0 Å². The highest BCUT2D eigenvalue weighted by molar-refractivity contribution is 6.22. The lowest BCUT2D eigenvalue weighted by molar-refractivity contribution is -0.154. The summed E-state index contributed by atoms with van der Waals surface area (Å²) in [6.07, 6.45) is -4.35. The maximum atomic E-state index is 13.1. The molecule has 148 valence electrons. The first-order chi connectivity index (χ1) is 13.1. The zero-order valence-corrected chi connectivity index (χ0v) is 16.2. The molecule has 0 saturated carbocycles. The molecular formula is C21H21ClO6. The molecule has 2 aromatic rings. The molecule has 4 atom stereocenters. The van der Waals surface area contributed by atoms with Crippen LogP contribution in [0.15, 0.2) is 48.5 Å². The number of halogens is 1. The molecule has 0 amide bonds. The van der Waals surface area contributed by atoms with Crippen LogP contribution in [0.3, 0.4) is 0 Å². The van der Waals surface area contributed by atoms with Gasteiger partial charge in [0.15, 0.2) is 17.2 Å². The molecule has 1 aliphatic rings. The summed E-state index contributed by atoms with van der Waals surface area (Å²) in [4.78, 5) is 25.9. The van der Waals surface area contributed by atoms with Gasteiger partial charge < -0.3 is 20.1 Å². The average Bonchev–Trinajstić information content (AvgIpc) is 2.91. The van der Waals surface area contributed by atoms with Gasteiger partial charge >= 0.3 is 0 Å². The Morgan fingerprint density at radius 2 is 1.54 bits per heavy atom. The molecule has 1 fully saturated rings. The quantitative estimate of drug-likeness (QED) is 0.521. The van der Waals surface area contributed by atoms with E-state index in [-0.39, 0.29) is 11.1 Å². The Balaban J connectivity index is 2.00. The van der Waals surface area contributed by atoms with Crippen LogP contribution in [0.2, 0.25) is 0 Å². The Labute approximate surface area is 167 Å². The fraction of sp³-hybridized carbons (Fsp3) is 0.333. The van der Waals surface area contributed by atoms with Crippen LogP contribution in [-0.2, 0) is 4.74 Å². The summed E-state index contributed by atoms with van der Waals surface area (Å²) in [6, 6.07) is 13.1. The first-order valence-corrected chi connectivity index (χ1v) is 9.14. The van der Waals surface area contributed by atoms with E-state index in [0.29, 0.717) is 11.1 Å². The van der Waals surface area contributed by atoms with Crippen LogP contribution < -0.4 is 0 Å². The first kappa shape index (κ1) is 20.6. The Morgan fingerprint density at radius 1 is 1.04 bits per heavy atom. The van der Waals surface area contributed by atoms with E-state index in [2.05, 4.69) is 0 Å². The van der Waals surface area contributed by atoms with Gasteiger partial charge in [-0.3, -0.25) is 9.59 Å². The van der Waals surface area contributed by atoms with Gasteiger partial charge in [-0.15, -0.1) is 0 Å². The van der Waals surface area contributed by atoms with E-state index in [1.807, 2.05) is 0 Å². The lowest BCUT2D eigenvalue weighted by Crippen LogP contribution is -2.54. The number of aryl methyl sites for hydroxylation is 2. The van der Waals surface area contributed by atoms with Crippen molar-refractivity contribution in [2.75, 3.05) is 0 Å². The Bertz CT molecular complexity index is 925. The highest BCUT2D eigenvalue weighted by Crippen LogP contribution is 2.43. The van der Waals surface area contributed by atoms with Gasteiger partial charge in [0.1, 0.15) is 12.2 Å². The van der Waals surface area contributed by atoms with Gasteiger partial charge in [0, 0.05) is 11.1 Å². The molecule has 1 heterocycles. The lowest BCUT2D eigenvalue weighted by Gasteiger charge is -2.30. The maximum absolute atomic E-state index is 13.1. The van der Waals surface area contributed by atoms with E-state index < -0.39 is 41.0 Å². The van der Waals surface area contributed by atoms with Gasteiger partial charge in [-0.2, -0.15) is 0 Å². The van der Waals surface area contributed by atoms with Crippen molar-refractivity contribution < 1.29 is 29.6 Å². The number of carbonyl (C=O) groups is 2. The third-order valence-corrected chi connectivity index (χ3v) is 5.24. The molecule has 3 N–H and O–H groups in total. The number of rotatable bonds is 5. The summed E-state index contributed by atoms with van der Waals surface area (Å²) in [7, 11) is 0. The van der Waals surface area contributed by atoms with Crippen LogP contribution in [-0.4, -0.2) is 49.9 Å². The van der Waals surface area contributed by atoms with Crippen molar-refractivity contribution in [1.82, 2.24) is 0 Å². The van der Waals surface area contributed by atoms with Crippen molar-refractivity contribution in [3.05, 3.63) is 70.8 Å². The monoisotopic (exact) mass is 404 g/mol. The maximum Gasteiger partial charge on any atom is 0.249 e. The molecule has 0 unspecified atom stereocenters. The van der Waals surface area contributed by atoms with Crippen molar-refractivity contribution in [3.63, 3.8) is 0 Å². The SMILES string of the molecule is Cc1ccccc1C(=O)[C@@H](O)[C@H]1O[C@@](O)(Cl)C[C@@]1(O)C(=O)c1ccccc1C. The minimum atomic E-state index is -2.40. The molecule has 3 rings (SSSR count). The number of ether oxygens (including phenoxy) is 1. The Morgan fingerprint density at radius 3 is 2.07 bits per heavy atom. The second-order valence-corrected chi connectivity index (χ2v) is 7.69. The molecule has 0 radical (unpaired) electrons. The third-order valence-electron chi connectivity index (χ3n) is 5.01. The second-order valence-electron chi connectivity index (χ2n) is 7.10. The number of aliphatic hydroxyl groups is 3. The average molecular weight is 405 g/mol. The lowest BCUT2D eigenvalue weighted by atomic mass is 9.81. The summed E-state index contributed by atoms with van der Waals surface area (Å²) >= 11 is 5.84. The molecule has 0 aliphatic carbocycles. The van der Waals surface area contributed by atoms with Crippen molar-refractivity contribution in [2.24, 2.45) is 0 Å². The van der Waals surface area contributed by atoms with Crippen molar-refractivity contribution in [1.29, 1.82) is 0 Å². The number of carbonyl (C=O) groups excluding carboxylic acids is 2. The van der Waals surface area contributed by atoms with E-state index in [9.17, 15) is 24.9 Å². The highest BCUT2D eigenvalue weighted by atomic mass is 35.5. The fourth-order valence-corrected chi connectivity index (χ4v) is 3.81. The van der Waals surface area contributed by atoms with Gasteiger partial charge in [-0.05, 0) is 25.0 Å². The van der Waals surface area contributed by atoms with Crippen LogP contribution in [0.5, 0.6) is 0 Å². The first-order valence-electron chi connectivity index (χ1n) is 8.76. The van der Waals surface area contributed by atoms with Crippen LogP contribution >= 0.6 is 11.6 Å². The molecule has 0 spiro atoms. The van der Waals surface area contributed by atoms with Crippen molar-refractivity contribution in [3.8, 4) is 0 Å². The largest absolute Gasteiger partial charge is 0.382 e. The Kier molecular flexibility index (Phi) is 5.44. The number of Topliss-reactive ketones (excluding diaryl/α,β-unsaturated/α-hetero) is 2. The van der Waals surface area contributed by atoms with Crippen LogP contribution in [0, 0.1) is 13.8 Å². The van der Waals surface area contributed by atoms with E-state index in [0.717, 1.165) is 0 Å². The summed E-state index contributed by atoms with van der Waals surface area (Å²) in [6.45, 7) is 3.38. The minimum absolute atomic E-state index is 0.184. The molecule has 0 bridgehead atoms. The summed E-state index contributed by atoms with van der Waals surface area (Å²) in [5.41, 5.74) is -0.790. The van der Waals surface area contributed by atoms with E-state index in [1.165, 1.54) is 12.1 Å². The number of alkyl halides is 1. The number of benzene rings is 2. The number of hydrogen-bond donors (Lipinski definition) is 3. The van der Waals surface area contributed by atoms with Gasteiger partial charge in [0.25, 0.3) is 0 Å². The molecule has 2 aromatic carbocycles. The number of hydrogen-bond acceptors (Lipinski definition) is 6. The molecule has 6 nitrogen and oxygen atoms in total. The highest BCUT2D eigenvalue weighted by Gasteiger charge is 2.62. The van der Waals surface area contributed by atoms with Crippen LogP contribution in [0.1, 0.15) is 38.3 Å². The number of aliphatic hydroxyl groups excluding tert-OH is 1. The standard InChI is InChI=1S/C21H21ClO6/c1-12-7-3-5-9-14(12)16(23)17(24)19-20(26,11-21(22,27)28-19)18(25)15-10-6-4-8-13(15)2/h3-10,17,19,24,26-27H,11H2,1-2H3/t17-,19-,20-,21-/m1/s1. The molecule has 1 aliphatic heterocycles. The minimum Gasteiger partial charge on any atom is -0.382 e. The predicted octanol–water partition coefficient (Wildman–Crippen LogP) is 2.13. The normalized spacial score (nSPS) is 28.1. The zero-order valence-electron chi connectivity index (χ0n) is 15.4. The zero-order chi connectivity index (χ0) is 20.7.